The van der Waals surface area contributed by atoms with Gasteiger partial charge in [0.2, 0.25) is 5.91 Å². The molecule has 17 heavy (non-hydrogen) atoms. The smallest absolute Gasteiger partial charge is 0.249 e. The van der Waals surface area contributed by atoms with Crippen molar-refractivity contribution in [3.8, 4) is 0 Å². The van der Waals surface area contributed by atoms with Crippen LogP contribution < -0.4 is 0 Å². The summed E-state index contributed by atoms with van der Waals surface area (Å²) in [5.41, 5.74) is 1.93. The second-order valence-electron chi connectivity index (χ2n) is 4.09. The Kier molecular flexibility index (Phi) is 5.42. The normalized spacial score (nSPS) is 11.4. The van der Waals surface area contributed by atoms with Gasteiger partial charge in [0.15, 0.2) is 0 Å². The van der Waals surface area contributed by atoms with Crippen LogP contribution in [-0.4, -0.2) is 17.9 Å². The number of carbonyl (C=O) groups is 1. The van der Waals surface area contributed by atoms with Crippen LogP contribution in [0, 0.1) is 0 Å². The van der Waals surface area contributed by atoms with E-state index in [2.05, 4.69) is 15.9 Å². The number of rotatable bonds is 4. The maximum atomic E-state index is 12.0. The second-order valence-corrected chi connectivity index (χ2v) is 5.00. The van der Waals surface area contributed by atoms with Crippen LogP contribution in [0.3, 0.4) is 0 Å². The molecular weight excluding hydrogens is 278 g/mol. The minimum absolute atomic E-state index is 0.0897. The molecule has 1 aromatic rings. The molecule has 0 aliphatic rings. The molecular formula is C14H18BrNO. The van der Waals surface area contributed by atoms with Gasteiger partial charge in [0, 0.05) is 23.6 Å². The molecule has 0 unspecified atom stereocenters. The van der Waals surface area contributed by atoms with Gasteiger partial charge in [-0.3, -0.25) is 4.79 Å². The van der Waals surface area contributed by atoms with Gasteiger partial charge in [-0.1, -0.05) is 41.1 Å². The van der Waals surface area contributed by atoms with Crippen molar-refractivity contribution in [2.45, 2.75) is 26.8 Å². The summed E-state index contributed by atoms with van der Waals surface area (Å²) < 4.78 is 1.04. The molecule has 0 N–H and O–H groups in total. The quantitative estimate of drug-likeness (QED) is 0.775. The lowest BCUT2D eigenvalue weighted by Crippen LogP contribution is -2.26. The number of nitrogens with zero attached hydrogens (tertiary/aromatic N) is 1. The lowest BCUT2D eigenvalue weighted by molar-refractivity contribution is -0.126. The Morgan fingerprint density at radius 1 is 1.47 bits per heavy atom. The number of likely N-dealkylation sites (N-methyl/N-ethyl adjacent to an activating group) is 1. The van der Waals surface area contributed by atoms with Crippen molar-refractivity contribution in [3.05, 3.63) is 46.0 Å². The monoisotopic (exact) mass is 295 g/mol. The van der Waals surface area contributed by atoms with E-state index in [0.29, 0.717) is 6.54 Å². The van der Waals surface area contributed by atoms with Crippen LogP contribution in [0.25, 0.3) is 0 Å². The zero-order valence-electron chi connectivity index (χ0n) is 10.5. The van der Waals surface area contributed by atoms with Crippen molar-refractivity contribution in [1.29, 1.82) is 0 Å². The minimum atomic E-state index is 0.0897. The summed E-state index contributed by atoms with van der Waals surface area (Å²) in [5.74, 6) is 0.0897. The third kappa shape index (κ3) is 4.35. The molecule has 1 aromatic carbocycles. The average molecular weight is 296 g/mol. The molecule has 0 saturated heterocycles. The fourth-order valence-corrected chi connectivity index (χ4v) is 2.12. The van der Waals surface area contributed by atoms with Crippen LogP contribution in [0.5, 0.6) is 0 Å². The molecule has 0 heterocycles. The predicted molar refractivity (Wildman–Crippen MR) is 74.7 cm³/mol. The highest BCUT2D eigenvalue weighted by atomic mass is 79.9. The van der Waals surface area contributed by atoms with Crippen molar-refractivity contribution in [1.82, 2.24) is 4.90 Å². The highest BCUT2D eigenvalue weighted by Gasteiger charge is 2.10. The summed E-state index contributed by atoms with van der Waals surface area (Å²) in [7, 11) is 1.83. The van der Waals surface area contributed by atoms with Crippen molar-refractivity contribution in [2.75, 3.05) is 7.05 Å². The van der Waals surface area contributed by atoms with E-state index in [9.17, 15) is 4.79 Å². The first-order valence-electron chi connectivity index (χ1n) is 5.71. The number of hydrogen-bond acceptors (Lipinski definition) is 1. The van der Waals surface area contributed by atoms with Gasteiger partial charge in [0.1, 0.15) is 0 Å². The van der Waals surface area contributed by atoms with Gasteiger partial charge in [0.25, 0.3) is 0 Å². The summed E-state index contributed by atoms with van der Waals surface area (Å²) >= 11 is 3.43. The third-order valence-corrected chi connectivity index (χ3v) is 3.00. The topological polar surface area (TPSA) is 20.3 Å². The van der Waals surface area contributed by atoms with Crippen molar-refractivity contribution >= 4 is 21.8 Å². The molecule has 0 aliphatic heterocycles. The lowest BCUT2D eigenvalue weighted by atomic mass is 10.2. The molecule has 0 aromatic heterocycles. The zero-order chi connectivity index (χ0) is 12.8. The summed E-state index contributed by atoms with van der Waals surface area (Å²) in [5, 5.41) is 0. The van der Waals surface area contributed by atoms with E-state index in [4.69, 9.17) is 0 Å². The van der Waals surface area contributed by atoms with E-state index >= 15 is 0 Å². The van der Waals surface area contributed by atoms with E-state index in [1.165, 1.54) is 0 Å². The summed E-state index contributed by atoms with van der Waals surface area (Å²) in [6.07, 6.45) is 2.85. The first kappa shape index (κ1) is 14.0. The van der Waals surface area contributed by atoms with E-state index in [-0.39, 0.29) is 5.91 Å². The summed E-state index contributed by atoms with van der Waals surface area (Å²) in [4.78, 5) is 13.7. The standard InChI is InChI=1S/C14H18BrNO/c1-4-6-11(2)14(17)16(3)10-12-7-5-8-13(15)9-12/h5-9H,4,10H2,1-3H3. The Morgan fingerprint density at radius 3 is 2.76 bits per heavy atom. The maximum Gasteiger partial charge on any atom is 0.249 e. The van der Waals surface area contributed by atoms with Gasteiger partial charge in [-0.25, -0.2) is 0 Å². The molecule has 0 aliphatic carbocycles. The fraction of sp³-hybridized carbons (Fsp3) is 0.357. The van der Waals surface area contributed by atoms with Crippen molar-refractivity contribution in [3.63, 3.8) is 0 Å². The number of amides is 1. The Morgan fingerprint density at radius 2 is 2.18 bits per heavy atom. The molecule has 92 valence electrons. The van der Waals surface area contributed by atoms with Crippen LogP contribution in [0.15, 0.2) is 40.4 Å². The van der Waals surface area contributed by atoms with E-state index in [1.54, 1.807) is 4.90 Å². The van der Waals surface area contributed by atoms with Crippen LogP contribution in [0.1, 0.15) is 25.8 Å². The molecule has 0 atom stereocenters. The zero-order valence-corrected chi connectivity index (χ0v) is 12.1. The molecule has 2 nitrogen and oxygen atoms in total. The van der Waals surface area contributed by atoms with E-state index < -0.39 is 0 Å². The minimum Gasteiger partial charge on any atom is -0.338 e. The van der Waals surface area contributed by atoms with E-state index in [0.717, 1.165) is 22.0 Å². The number of allylic oxidation sites excluding steroid dienone is 1. The molecule has 0 spiro atoms. The van der Waals surface area contributed by atoms with Crippen LogP contribution in [-0.2, 0) is 11.3 Å². The molecule has 0 bridgehead atoms. The maximum absolute atomic E-state index is 12.0. The van der Waals surface area contributed by atoms with Crippen LogP contribution in [0.2, 0.25) is 0 Å². The largest absolute Gasteiger partial charge is 0.338 e. The van der Waals surface area contributed by atoms with Gasteiger partial charge in [-0.05, 0) is 31.0 Å². The first-order chi connectivity index (χ1) is 8.04. The lowest BCUT2D eigenvalue weighted by Gasteiger charge is -2.17. The molecule has 0 radical (unpaired) electrons. The molecule has 3 heteroatoms. The Hall–Kier alpha value is -1.09. The van der Waals surface area contributed by atoms with Crippen molar-refractivity contribution < 1.29 is 4.79 Å². The molecule has 1 rings (SSSR count). The SMILES string of the molecule is CCC=C(C)C(=O)N(C)Cc1cccc(Br)c1. The van der Waals surface area contributed by atoms with E-state index in [1.807, 2.05) is 51.2 Å². The number of hydrogen-bond donors (Lipinski definition) is 0. The predicted octanol–water partition coefficient (Wildman–Crippen LogP) is 3.76. The molecule has 1 amide bonds. The number of benzene rings is 1. The van der Waals surface area contributed by atoms with Gasteiger partial charge >= 0.3 is 0 Å². The van der Waals surface area contributed by atoms with Gasteiger partial charge < -0.3 is 4.90 Å². The molecule has 0 fully saturated rings. The highest BCUT2D eigenvalue weighted by Crippen LogP contribution is 2.13. The Balaban J connectivity index is 2.69. The number of carbonyl (C=O) groups excluding carboxylic acids is 1. The summed E-state index contributed by atoms with van der Waals surface area (Å²) in [6, 6.07) is 8.01. The summed E-state index contributed by atoms with van der Waals surface area (Å²) in [6.45, 7) is 4.53. The molecule has 0 saturated carbocycles. The highest BCUT2D eigenvalue weighted by molar-refractivity contribution is 9.10. The van der Waals surface area contributed by atoms with Gasteiger partial charge in [-0.15, -0.1) is 0 Å². The third-order valence-electron chi connectivity index (χ3n) is 2.50. The van der Waals surface area contributed by atoms with Crippen LogP contribution >= 0.6 is 15.9 Å². The second kappa shape index (κ2) is 6.60. The Labute approximate surface area is 111 Å². The first-order valence-corrected chi connectivity index (χ1v) is 6.50. The average Bonchev–Trinajstić information content (AvgIpc) is 2.28. The van der Waals surface area contributed by atoms with Gasteiger partial charge in [0.05, 0.1) is 0 Å². The fourth-order valence-electron chi connectivity index (χ4n) is 1.68. The van der Waals surface area contributed by atoms with Gasteiger partial charge in [-0.2, -0.15) is 0 Å². The number of halogens is 1. The Bertz CT molecular complexity index is 426. The van der Waals surface area contributed by atoms with Crippen LogP contribution in [0.4, 0.5) is 0 Å². The van der Waals surface area contributed by atoms with Crippen molar-refractivity contribution in [2.24, 2.45) is 0 Å².